The summed E-state index contributed by atoms with van der Waals surface area (Å²) in [5, 5.41) is 0. The molecular formula is C4H3F6. The van der Waals surface area contributed by atoms with E-state index in [0.717, 1.165) is 0 Å². The first-order valence-corrected chi connectivity index (χ1v) is 2.21. The maximum Gasteiger partial charge on any atom is 0.392 e. The largest absolute Gasteiger partial charge is 0.392 e. The van der Waals surface area contributed by atoms with E-state index in [9.17, 15) is 26.3 Å². The Bertz CT molecular complexity index is 94.4. The third kappa shape index (κ3) is 4.46. The van der Waals surface area contributed by atoms with Gasteiger partial charge in [-0.15, -0.1) is 0 Å². The summed E-state index contributed by atoms with van der Waals surface area (Å²) >= 11 is 0. The molecule has 10 heavy (non-hydrogen) atoms. The topological polar surface area (TPSA) is 0 Å². The van der Waals surface area contributed by atoms with Crippen molar-refractivity contribution in [3.05, 3.63) is 6.43 Å². The Morgan fingerprint density at radius 1 is 1.20 bits per heavy atom. The number of hydrogen-bond donors (Lipinski definition) is 0. The zero-order valence-corrected chi connectivity index (χ0v) is 4.55. The van der Waals surface area contributed by atoms with Crippen LogP contribution in [0.15, 0.2) is 0 Å². The van der Waals surface area contributed by atoms with Crippen molar-refractivity contribution in [3.63, 3.8) is 0 Å². The summed E-state index contributed by atoms with van der Waals surface area (Å²) in [6, 6.07) is 0. The van der Waals surface area contributed by atoms with Gasteiger partial charge in [0.2, 0.25) is 0 Å². The molecule has 0 nitrogen and oxygen atoms in total. The van der Waals surface area contributed by atoms with Gasteiger partial charge in [0.25, 0.3) is 0 Å². The fourth-order valence-corrected chi connectivity index (χ4v) is 0.280. The molecule has 0 saturated heterocycles. The van der Waals surface area contributed by atoms with Crippen molar-refractivity contribution in [1.82, 2.24) is 0 Å². The Morgan fingerprint density at radius 3 is 1.70 bits per heavy atom. The molecule has 0 bridgehead atoms. The molecule has 1 atom stereocenters. The van der Waals surface area contributed by atoms with Gasteiger partial charge in [-0.2, -0.15) is 22.0 Å². The lowest BCUT2D eigenvalue weighted by Crippen LogP contribution is -2.17. The molecule has 0 amide bonds. The zero-order valence-electron chi connectivity index (χ0n) is 4.55. The highest BCUT2D eigenvalue weighted by Gasteiger charge is 2.37. The molecule has 0 aromatic heterocycles. The average molecular weight is 165 g/mol. The van der Waals surface area contributed by atoms with Gasteiger partial charge in [0.1, 0.15) is 0 Å². The van der Waals surface area contributed by atoms with Crippen LogP contribution in [0.4, 0.5) is 26.3 Å². The molecule has 1 radical (unpaired) electrons. The molecule has 0 aliphatic carbocycles. The van der Waals surface area contributed by atoms with Crippen LogP contribution < -0.4 is 0 Å². The van der Waals surface area contributed by atoms with Crippen LogP contribution in [0.25, 0.3) is 0 Å². The Kier molecular flexibility index (Phi) is 2.98. The SMILES string of the molecule is F[C](F)C(F)CC(F)(F)F. The third-order valence-corrected chi connectivity index (χ3v) is 0.647. The maximum absolute atomic E-state index is 11.5. The Labute approximate surface area is 52.8 Å². The minimum atomic E-state index is -4.87. The molecule has 0 heterocycles. The second-order valence-electron chi connectivity index (χ2n) is 1.58. The number of halogens is 6. The second kappa shape index (κ2) is 3.12. The highest BCUT2D eigenvalue weighted by atomic mass is 19.4. The summed E-state index contributed by atoms with van der Waals surface area (Å²) < 4.78 is 66.8. The van der Waals surface area contributed by atoms with Gasteiger partial charge in [0.05, 0.1) is 6.42 Å². The fraction of sp³-hybridized carbons (Fsp3) is 0.750. The summed E-state index contributed by atoms with van der Waals surface area (Å²) in [6.07, 6.45) is -13.0. The molecule has 0 aliphatic rings. The maximum atomic E-state index is 11.5. The highest BCUT2D eigenvalue weighted by Crippen LogP contribution is 2.28. The van der Waals surface area contributed by atoms with Crippen molar-refractivity contribution >= 4 is 0 Å². The van der Waals surface area contributed by atoms with E-state index >= 15 is 0 Å². The number of alkyl halides is 4. The van der Waals surface area contributed by atoms with Crippen LogP contribution in [0.5, 0.6) is 0 Å². The predicted octanol–water partition coefficient (Wildman–Crippen LogP) is 2.71. The third-order valence-electron chi connectivity index (χ3n) is 0.647. The first-order valence-electron chi connectivity index (χ1n) is 2.21. The van der Waals surface area contributed by atoms with Gasteiger partial charge in [0, 0.05) is 0 Å². The summed E-state index contributed by atoms with van der Waals surface area (Å²) in [7, 11) is 0. The van der Waals surface area contributed by atoms with Crippen molar-refractivity contribution < 1.29 is 26.3 Å². The molecule has 0 N–H and O–H groups in total. The first-order chi connectivity index (χ1) is 4.33. The van der Waals surface area contributed by atoms with E-state index in [2.05, 4.69) is 0 Å². The van der Waals surface area contributed by atoms with Crippen LogP contribution in [0.1, 0.15) is 6.42 Å². The lowest BCUT2D eigenvalue weighted by molar-refractivity contribution is -0.149. The predicted molar refractivity (Wildman–Crippen MR) is 21.0 cm³/mol. The zero-order chi connectivity index (χ0) is 8.36. The lowest BCUT2D eigenvalue weighted by Gasteiger charge is -2.07. The van der Waals surface area contributed by atoms with Crippen molar-refractivity contribution in [2.75, 3.05) is 0 Å². The molecule has 6 heteroatoms. The molecule has 0 saturated carbocycles. The lowest BCUT2D eigenvalue weighted by atomic mass is 10.3. The van der Waals surface area contributed by atoms with Crippen molar-refractivity contribution in [3.8, 4) is 0 Å². The van der Waals surface area contributed by atoms with Gasteiger partial charge in [0.15, 0.2) is 6.17 Å². The Balaban J connectivity index is 3.68. The second-order valence-corrected chi connectivity index (χ2v) is 1.58. The van der Waals surface area contributed by atoms with Gasteiger partial charge in [-0.3, -0.25) is 0 Å². The molecule has 0 fully saturated rings. The standard InChI is InChI=1S/C4H3F6/c5-2(3(6)7)1-4(8,9)10/h2H,1H2. The monoisotopic (exact) mass is 165 g/mol. The molecule has 0 spiro atoms. The smallest absolute Gasteiger partial charge is 0.240 e. The first kappa shape index (κ1) is 9.58. The van der Waals surface area contributed by atoms with Crippen LogP contribution in [0.3, 0.4) is 0 Å². The van der Waals surface area contributed by atoms with Crippen molar-refractivity contribution in [1.29, 1.82) is 0 Å². The quantitative estimate of drug-likeness (QED) is 0.552. The van der Waals surface area contributed by atoms with Crippen LogP contribution in [0.2, 0.25) is 0 Å². The Hall–Kier alpha value is -0.420. The molecule has 0 aliphatic heterocycles. The molecule has 0 aromatic rings. The summed E-state index contributed by atoms with van der Waals surface area (Å²) in [5.41, 5.74) is 0. The van der Waals surface area contributed by atoms with Gasteiger partial charge in [-0.25, -0.2) is 4.39 Å². The van der Waals surface area contributed by atoms with Crippen LogP contribution in [0, 0.1) is 6.43 Å². The summed E-state index contributed by atoms with van der Waals surface area (Å²) in [6.45, 7) is 0. The molecule has 0 aromatic carbocycles. The average Bonchev–Trinajstić information content (AvgIpc) is 1.60. The van der Waals surface area contributed by atoms with Crippen LogP contribution in [-0.4, -0.2) is 12.3 Å². The molecule has 61 valence electrons. The van der Waals surface area contributed by atoms with E-state index in [1.807, 2.05) is 0 Å². The van der Waals surface area contributed by atoms with Gasteiger partial charge < -0.3 is 0 Å². The minimum absolute atomic E-state index is 2.12. The van der Waals surface area contributed by atoms with Crippen molar-refractivity contribution in [2.45, 2.75) is 18.8 Å². The minimum Gasteiger partial charge on any atom is -0.240 e. The normalized spacial score (nSPS) is 15.9. The van der Waals surface area contributed by atoms with E-state index in [-0.39, 0.29) is 0 Å². The highest BCUT2D eigenvalue weighted by molar-refractivity contribution is 4.76. The van der Waals surface area contributed by atoms with Gasteiger partial charge in [-0.05, 0) is 0 Å². The van der Waals surface area contributed by atoms with Gasteiger partial charge in [-0.1, -0.05) is 0 Å². The summed E-state index contributed by atoms with van der Waals surface area (Å²) in [5.74, 6) is 0. The van der Waals surface area contributed by atoms with Gasteiger partial charge >= 0.3 is 12.6 Å². The van der Waals surface area contributed by atoms with E-state index in [0.29, 0.717) is 0 Å². The Morgan fingerprint density at radius 2 is 1.60 bits per heavy atom. The van der Waals surface area contributed by atoms with E-state index in [1.54, 1.807) is 0 Å². The summed E-state index contributed by atoms with van der Waals surface area (Å²) in [4.78, 5) is 0. The van der Waals surface area contributed by atoms with Crippen LogP contribution >= 0.6 is 0 Å². The fourth-order valence-electron chi connectivity index (χ4n) is 0.280. The number of rotatable bonds is 2. The number of hydrogen-bond acceptors (Lipinski definition) is 0. The van der Waals surface area contributed by atoms with E-state index in [4.69, 9.17) is 0 Å². The van der Waals surface area contributed by atoms with E-state index < -0.39 is 25.2 Å². The molecule has 1 unspecified atom stereocenters. The molecule has 0 rings (SSSR count). The van der Waals surface area contributed by atoms with E-state index in [1.165, 1.54) is 0 Å². The van der Waals surface area contributed by atoms with Crippen LogP contribution in [-0.2, 0) is 0 Å². The molecular weight excluding hydrogens is 162 g/mol. The van der Waals surface area contributed by atoms with Crippen molar-refractivity contribution in [2.24, 2.45) is 0 Å².